The zero-order valence-electron chi connectivity index (χ0n) is 16.8. The molecule has 0 radical (unpaired) electrons. The predicted molar refractivity (Wildman–Crippen MR) is 109 cm³/mol. The van der Waals surface area contributed by atoms with E-state index >= 15 is 0 Å². The number of guanidine groups is 1. The second-order valence-electron chi connectivity index (χ2n) is 7.24. The van der Waals surface area contributed by atoms with E-state index in [0.29, 0.717) is 13.1 Å². The zero-order chi connectivity index (χ0) is 19.9. The first-order valence-electron chi connectivity index (χ1n) is 9.75. The van der Waals surface area contributed by atoms with E-state index in [2.05, 4.69) is 53.3 Å². The van der Waals surface area contributed by atoms with Crippen molar-refractivity contribution in [3.63, 3.8) is 0 Å². The number of benzene rings is 1. The Hall–Kier alpha value is -2.83. The van der Waals surface area contributed by atoms with Crippen molar-refractivity contribution in [1.82, 2.24) is 19.8 Å². The summed E-state index contributed by atoms with van der Waals surface area (Å²) in [5.74, 6) is 0.848. The highest BCUT2D eigenvalue weighted by atomic mass is 16.5. The Morgan fingerprint density at radius 3 is 2.89 bits per heavy atom. The fourth-order valence-electron chi connectivity index (χ4n) is 3.61. The SMILES string of the molecule is CCNC(=NCc1cccc(Cn2ccnc2)c1)N1CC(C)C(C(=O)OC)C1. The molecule has 0 aliphatic carbocycles. The number of likely N-dealkylation sites (tertiary alicyclic amines) is 1. The number of imidazole rings is 1. The predicted octanol–water partition coefficient (Wildman–Crippen LogP) is 2.14. The van der Waals surface area contributed by atoms with Crippen LogP contribution in [-0.2, 0) is 22.6 Å². The summed E-state index contributed by atoms with van der Waals surface area (Å²) in [6.07, 6.45) is 5.57. The first-order chi connectivity index (χ1) is 13.6. The Labute approximate surface area is 166 Å². The van der Waals surface area contributed by atoms with Crippen molar-refractivity contribution in [2.75, 3.05) is 26.7 Å². The van der Waals surface area contributed by atoms with Crippen molar-refractivity contribution in [2.45, 2.75) is 26.9 Å². The number of carbonyl (C=O) groups is 1. The topological polar surface area (TPSA) is 71.8 Å². The zero-order valence-corrected chi connectivity index (χ0v) is 16.8. The Kier molecular flexibility index (Phi) is 6.68. The summed E-state index contributed by atoms with van der Waals surface area (Å²) >= 11 is 0. The average Bonchev–Trinajstić information content (AvgIpc) is 3.34. The van der Waals surface area contributed by atoms with E-state index in [9.17, 15) is 4.79 Å². The van der Waals surface area contributed by atoms with Gasteiger partial charge >= 0.3 is 5.97 Å². The molecule has 0 spiro atoms. The number of rotatable bonds is 6. The van der Waals surface area contributed by atoms with Gasteiger partial charge in [0.2, 0.25) is 0 Å². The normalized spacial score (nSPS) is 19.7. The number of nitrogens with one attached hydrogen (secondary N) is 1. The van der Waals surface area contributed by atoms with Gasteiger partial charge in [-0.15, -0.1) is 0 Å². The molecule has 1 aliphatic rings. The number of nitrogens with zero attached hydrogens (tertiary/aromatic N) is 4. The van der Waals surface area contributed by atoms with Crippen LogP contribution in [0.1, 0.15) is 25.0 Å². The molecule has 3 rings (SSSR count). The maximum atomic E-state index is 12.0. The molecule has 1 aromatic carbocycles. The summed E-state index contributed by atoms with van der Waals surface area (Å²) in [7, 11) is 1.45. The van der Waals surface area contributed by atoms with Gasteiger partial charge in [-0.25, -0.2) is 9.98 Å². The number of esters is 1. The molecule has 0 bridgehead atoms. The highest BCUT2D eigenvalue weighted by Crippen LogP contribution is 2.24. The molecule has 2 heterocycles. The fourth-order valence-corrected chi connectivity index (χ4v) is 3.61. The molecule has 1 fully saturated rings. The first-order valence-corrected chi connectivity index (χ1v) is 9.75. The molecule has 0 saturated carbocycles. The monoisotopic (exact) mass is 383 g/mol. The maximum Gasteiger partial charge on any atom is 0.310 e. The van der Waals surface area contributed by atoms with E-state index in [1.54, 1.807) is 6.20 Å². The fraction of sp³-hybridized carbons (Fsp3) is 0.476. The third kappa shape index (κ3) is 4.91. The number of aromatic nitrogens is 2. The largest absolute Gasteiger partial charge is 0.469 e. The molecule has 2 atom stereocenters. The van der Waals surface area contributed by atoms with Crippen LogP contribution in [0.4, 0.5) is 0 Å². The van der Waals surface area contributed by atoms with Gasteiger partial charge in [-0.1, -0.05) is 31.2 Å². The van der Waals surface area contributed by atoms with E-state index in [-0.39, 0.29) is 17.8 Å². The summed E-state index contributed by atoms with van der Waals surface area (Å²) < 4.78 is 6.99. The third-order valence-corrected chi connectivity index (χ3v) is 5.08. The van der Waals surface area contributed by atoms with Gasteiger partial charge in [-0.05, 0) is 24.0 Å². The summed E-state index contributed by atoms with van der Waals surface area (Å²) in [5, 5.41) is 3.36. The van der Waals surface area contributed by atoms with Gasteiger partial charge in [0.1, 0.15) is 0 Å². The molecule has 0 amide bonds. The molecule has 7 heteroatoms. The lowest BCUT2D eigenvalue weighted by molar-refractivity contribution is -0.145. The van der Waals surface area contributed by atoms with Gasteiger partial charge in [-0.2, -0.15) is 0 Å². The van der Waals surface area contributed by atoms with Crippen molar-refractivity contribution < 1.29 is 9.53 Å². The summed E-state index contributed by atoms with van der Waals surface area (Å²) in [6.45, 7) is 7.75. The molecule has 1 aromatic heterocycles. The quantitative estimate of drug-likeness (QED) is 0.470. The smallest absolute Gasteiger partial charge is 0.310 e. The van der Waals surface area contributed by atoms with Crippen LogP contribution in [0.3, 0.4) is 0 Å². The Balaban J connectivity index is 1.69. The lowest BCUT2D eigenvalue weighted by Crippen LogP contribution is -2.40. The standard InChI is InChI=1S/C21H29N5O2/c1-4-23-21(26-12-16(2)19(14-26)20(27)28-3)24-11-17-6-5-7-18(10-17)13-25-9-8-22-15-25/h5-10,15-16,19H,4,11-14H2,1-3H3,(H,23,24). The number of hydrogen-bond donors (Lipinski definition) is 1. The van der Waals surface area contributed by atoms with E-state index in [1.165, 1.54) is 12.7 Å². The van der Waals surface area contributed by atoms with Crippen molar-refractivity contribution in [3.8, 4) is 0 Å². The van der Waals surface area contributed by atoms with Crippen LogP contribution in [0.15, 0.2) is 48.0 Å². The molecular weight excluding hydrogens is 354 g/mol. The Morgan fingerprint density at radius 2 is 2.18 bits per heavy atom. The first kappa shape index (κ1) is 19.9. The van der Waals surface area contributed by atoms with Gasteiger partial charge in [0, 0.05) is 38.6 Å². The summed E-state index contributed by atoms with van der Waals surface area (Å²) in [4.78, 5) is 23.0. The molecule has 150 valence electrons. The van der Waals surface area contributed by atoms with Crippen LogP contribution in [0.25, 0.3) is 0 Å². The number of hydrogen-bond acceptors (Lipinski definition) is 4. The lowest BCUT2D eigenvalue weighted by atomic mass is 9.99. The number of carbonyl (C=O) groups excluding carboxylic acids is 1. The minimum absolute atomic E-state index is 0.104. The second-order valence-corrected chi connectivity index (χ2v) is 7.24. The average molecular weight is 383 g/mol. The highest BCUT2D eigenvalue weighted by molar-refractivity contribution is 5.82. The minimum Gasteiger partial charge on any atom is -0.469 e. The maximum absolute atomic E-state index is 12.0. The van der Waals surface area contributed by atoms with Crippen LogP contribution >= 0.6 is 0 Å². The van der Waals surface area contributed by atoms with Crippen molar-refractivity contribution in [2.24, 2.45) is 16.8 Å². The minimum atomic E-state index is -0.141. The molecule has 1 N–H and O–H groups in total. The Morgan fingerprint density at radius 1 is 1.36 bits per heavy atom. The molecular formula is C21H29N5O2. The van der Waals surface area contributed by atoms with Crippen molar-refractivity contribution >= 4 is 11.9 Å². The molecule has 1 aliphatic heterocycles. The lowest BCUT2D eigenvalue weighted by Gasteiger charge is -2.21. The molecule has 2 unspecified atom stereocenters. The third-order valence-electron chi connectivity index (χ3n) is 5.08. The van der Waals surface area contributed by atoms with Gasteiger partial charge < -0.3 is 19.5 Å². The summed E-state index contributed by atoms with van der Waals surface area (Å²) in [6, 6.07) is 8.45. The van der Waals surface area contributed by atoms with Crippen LogP contribution in [0, 0.1) is 11.8 Å². The van der Waals surface area contributed by atoms with Crippen molar-refractivity contribution in [1.29, 1.82) is 0 Å². The van der Waals surface area contributed by atoms with E-state index in [1.807, 2.05) is 17.1 Å². The van der Waals surface area contributed by atoms with Crippen LogP contribution in [0.2, 0.25) is 0 Å². The molecule has 7 nitrogen and oxygen atoms in total. The molecule has 1 saturated heterocycles. The van der Waals surface area contributed by atoms with Gasteiger partial charge in [-0.3, -0.25) is 4.79 Å². The van der Waals surface area contributed by atoms with E-state index in [4.69, 9.17) is 9.73 Å². The van der Waals surface area contributed by atoms with Gasteiger partial charge in [0.25, 0.3) is 0 Å². The van der Waals surface area contributed by atoms with Gasteiger partial charge in [0.05, 0.1) is 25.9 Å². The second kappa shape index (κ2) is 9.39. The van der Waals surface area contributed by atoms with E-state index < -0.39 is 0 Å². The highest BCUT2D eigenvalue weighted by Gasteiger charge is 2.36. The summed E-state index contributed by atoms with van der Waals surface area (Å²) in [5.41, 5.74) is 2.38. The number of ether oxygens (including phenoxy) is 1. The van der Waals surface area contributed by atoms with Crippen LogP contribution < -0.4 is 5.32 Å². The van der Waals surface area contributed by atoms with Gasteiger partial charge in [0.15, 0.2) is 5.96 Å². The van der Waals surface area contributed by atoms with Crippen molar-refractivity contribution in [3.05, 3.63) is 54.1 Å². The van der Waals surface area contributed by atoms with E-state index in [0.717, 1.165) is 31.2 Å². The molecule has 28 heavy (non-hydrogen) atoms. The van der Waals surface area contributed by atoms with Crippen LogP contribution in [0.5, 0.6) is 0 Å². The molecule has 2 aromatic rings. The Bertz CT molecular complexity index is 803. The van der Waals surface area contributed by atoms with Crippen LogP contribution in [-0.4, -0.2) is 53.1 Å². The number of aliphatic imine (C=N–C) groups is 1. The number of methoxy groups -OCH3 is 1.